The first-order valence-corrected chi connectivity index (χ1v) is 4.49. The molecule has 2 nitrogen and oxygen atoms in total. The number of hydrogen-bond acceptors (Lipinski definition) is 2. The molecule has 0 heterocycles. The van der Waals surface area contributed by atoms with Crippen LogP contribution < -0.4 is 5.73 Å². The lowest BCUT2D eigenvalue weighted by atomic mass is 10.1. The molecule has 0 aliphatic rings. The van der Waals surface area contributed by atoms with Crippen molar-refractivity contribution in [3.05, 3.63) is 34.3 Å². The maximum atomic E-state index is 12.3. The van der Waals surface area contributed by atoms with E-state index in [9.17, 15) is 18.3 Å². The van der Waals surface area contributed by atoms with E-state index in [1.165, 1.54) is 0 Å². The first kappa shape index (κ1) is 12.3. The quantitative estimate of drug-likeness (QED) is 0.832. The molecule has 0 aliphatic carbocycles. The third kappa shape index (κ3) is 2.84. The Morgan fingerprint density at radius 2 is 2.00 bits per heavy atom. The monoisotopic (exact) mass is 239 g/mol. The molecule has 1 rings (SSSR count). The average Bonchev–Trinajstić information content (AvgIpc) is 2.15. The molecule has 0 saturated carbocycles. The minimum Gasteiger partial charge on any atom is -0.387 e. The van der Waals surface area contributed by atoms with Crippen LogP contribution in [0.25, 0.3) is 0 Å². The summed E-state index contributed by atoms with van der Waals surface area (Å²) in [5.41, 5.74) is 4.28. The van der Waals surface area contributed by atoms with Crippen molar-refractivity contribution in [3.8, 4) is 0 Å². The molecule has 0 aromatic heterocycles. The van der Waals surface area contributed by atoms with Gasteiger partial charge in [0.25, 0.3) is 0 Å². The first-order chi connectivity index (χ1) is 6.86. The van der Waals surface area contributed by atoms with Crippen LogP contribution in [0, 0.1) is 0 Å². The summed E-state index contributed by atoms with van der Waals surface area (Å²) < 4.78 is 36.9. The van der Waals surface area contributed by atoms with Crippen LogP contribution in [0.1, 0.15) is 17.2 Å². The van der Waals surface area contributed by atoms with Crippen molar-refractivity contribution in [1.29, 1.82) is 0 Å². The molecule has 1 aromatic carbocycles. The second-order valence-electron chi connectivity index (χ2n) is 2.99. The highest BCUT2D eigenvalue weighted by Crippen LogP contribution is 2.33. The van der Waals surface area contributed by atoms with Gasteiger partial charge >= 0.3 is 6.18 Å². The van der Waals surface area contributed by atoms with Crippen LogP contribution in [0.3, 0.4) is 0 Å². The van der Waals surface area contributed by atoms with Gasteiger partial charge in [-0.25, -0.2) is 0 Å². The van der Waals surface area contributed by atoms with Gasteiger partial charge in [0.15, 0.2) is 0 Å². The number of nitrogens with two attached hydrogens (primary N) is 1. The fourth-order valence-electron chi connectivity index (χ4n) is 1.10. The predicted octanol–water partition coefficient (Wildman–Crippen LogP) is 2.35. The summed E-state index contributed by atoms with van der Waals surface area (Å²) in [6.45, 7) is -0.180. The Bertz CT molecular complexity index is 354. The molecule has 0 radical (unpaired) electrons. The lowest BCUT2D eigenvalue weighted by Crippen LogP contribution is -2.13. The van der Waals surface area contributed by atoms with Crippen molar-refractivity contribution in [2.24, 2.45) is 5.73 Å². The maximum absolute atomic E-state index is 12.3. The highest BCUT2D eigenvalue weighted by Gasteiger charge is 2.31. The number of aliphatic hydroxyl groups excluding tert-OH is 1. The first-order valence-electron chi connectivity index (χ1n) is 4.11. The van der Waals surface area contributed by atoms with E-state index in [4.69, 9.17) is 17.3 Å². The maximum Gasteiger partial charge on any atom is 0.416 e. The van der Waals surface area contributed by atoms with Crippen molar-refractivity contribution >= 4 is 11.6 Å². The zero-order valence-corrected chi connectivity index (χ0v) is 8.31. The molecule has 0 unspecified atom stereocenters. The largest absolute Gasteiger partial charge is 0.416 e. The third-order valence-corrected chi connectivity index (χ3v) is 2.25. The molecule has 0 aliphatic heterocycles. The minimum absolute atomic E-state index is 0.00556. The fourth-order valence-corrected chi connectivity index (χ4v) is 1.35. The molecule has 15 heavy (non-hydrogen) atoms. The molecule has 1 aromatic rings. The zero-order valence-electron chi connectivity index (χ0n) is 7.55. The van der Waals surface area contributed by atoms with Crippen molar-refractivity contribution < 1.29 is 18.3 Å². The van der Waals surface area contributed by atoms with E-state index in [2.05, 4.69) is 0 Å². The standard InChI is InChI=1S/C9H9ClF3NO/c10-7-2-1-5(9(11,12)13)3-6(7)8(15)4-14/h1-3,8,15H,4,14H2/t8-/m0/s1. The Hall–Kier alpha value is -0.780. The van der Waals surface area contributed by atoms with E-state index in [0.29, 0.717) is 0 Å². The lowest BCUT2D eigenvalue weighted by Gasteiger charge is -2.13. The SMILES string of the molecule is NC[C@H](O)c1cc(C(F)(F)F)ccc1Cl. The van der Waals surface area contributed by atoms with Crippen molar-refractivity contribution in [3.63, 3.8) is 0 Å². The Kier molecular flexibility index (Phi) is 3.59. The van der Waals surface area contributed by atoms with E-state index >= 15 is 0 Å². The molecule has 84 valence electrons. The lowest BCUT2D eigenvalue weighted by molar-refractivity contribution is -0.137. The molecular formula is C9H9ClF3NO. The van der Waals surface area contributed by atoms with Gasteiger partial charge in [-0.2, -0.15) is 13.2 Å². The molecule has 0 bridgehead atoms. The highest BCUT2D eigenvalue weighted by molar-refractivity contribution is 6.31. The summed E-state index contributed by atoms with van der Waals surface area (Å²) in [6.07, 6.45) is -5.63. The predicted molar refractivity (Wildman–Crippen MR) is 50.5 cm³/mol. The van der Waals surface area contributed by atoms with Gasteiger partial charge in [-0.15, -0.1) is 0 Å². The Balaban J connectivity index is 3.17. The molecular weight excluding hydrogens is 231 g/mol. The number of benzene rings is 1. The van der Waals surface area contributed by atoms with Gasteiger partial charge in [0.05, 0.1) is 11.7 Å². The molecule has 6 heteroatoms. The number of alkyl halides is 3. The number of hydrogen-bond donors (Lipinski definition) is 2. The zero-order chi connectivity index (χ0) is 11.6. The van der Waals surface area contributed by atoms with Crippen molar-refractivity contribution in [2.45, 2.75) is 12.3 Å². The molecule has 1 atom stereocenters. The van der Waals surface area contributed by atoms with Crippen LogP contribution in [-0.2, 0) is 6.18 Å². The molecule has 0 amide bonds. The van der Waals surface area contributed by atoms with Crippen molar-refractivity contribution in [1.82, 2.24) is 0 Å². The second-order valence-corrected chi connectivity index (χ2v) is 3.39. The number of aliphatic hydroxyl groups is 1. The third-order valence-electron chi connectivity index (χ3n) is 1.91. The molecule has 0 spiro atoms. The second kappa shape index (κ2) is 4.38. The van der Waals surface area contributed by atoms with Crippen LogP contribution >= 0.6 is 11.6 Å². The summed E-state index contributed by atoms with van der Waals surface area (Å²) in [5, 5.41) is 9.39. The molecule has 0 fully saturated rings. The summed E-state index contributed by atoms with van der Waals surface area (Å²) in [4.78, 5) is 0. The Morgan fingerprint density at radius 3 is 2.47 bits per heavy atom. The van der Waals surface area contributed by atoms with Gasteiger partial charge in [0.1, 0.15) is 0 Å². The highest BCUT2D eigenvalue weighted by atomic mass is 35.5. The van der Waals surface area contributed by atoms with Crippen LogP contribution in [0.2, 0.25) is 5.02 Å². The Labute approximate surface area is 89.5 Å². The topological polar surface area (TPSA) is 46.2 Å². The van der Waals surface area contributed by atoms with Crippen LogP contribution in [-0.4, -0.2) is 11.7 Å². The van der Waals surface area contributed by atoms with E-state index in [-0.39, 0.29) is 17.1 Å². The average molecular weight is 240 g/mol. The fraction of sp³-hybridized carbons (Fsp3) is 0.333. The summed E-state index contributed by atoms with van der Waals surface area (Å²) in [7, 11) is 0. The summed E-state index contributed by atoms with van der Waals surface area (Å²) in [6, 6.07) is 2.76. The summed E-state index contributed by atoms with van der Waals surface area (Å²) >= 11 is 5.64. The smallest absolute Gasteiger partial charge is 0.387 e. The van der Waals surface area contributed by atoms with Crippen LogP contribution in [0.4, 0.5) is 13.2 Å². The van der Waals surface area contributed by atoms with E-state index in [1.54, 1.807) is 0 Å². The van der Waals surface area contributed by atoms with Crippen LogP contribution in [0.5, 0.6) is 0 Å². The van der Waals surface area contributed by atoms with Gasteiger partial charge in [0.2, 0.25) is 0 Å². The van der Waals surface area contributed by atoms with Gasteiger partial charge in [-0.05, 0) is 18.2 Å². The Morgan fingerprint density at radius 1 is 1.40 bits per heavy atom. The van der Waals surface area contributed by atoms with Gasteiger partial charge in [0, 0.05) is 17.1 Å². The van der Waals surface area contributed by atoms with Gasteiger partial charge < -0.3 is 10.8 Å². The summed E-state index contributed by atoms with van der Waals surface area (Å²) in [5.74, 6) is 0. The van der Waals surface area contributed by atoms with Gasteiger partial charge in [-0.1, -0.05) is 11.6 Å². The van der Waals surface area contributed by atoms with E-state index in [1.807, 2.05) is 0 Å². The van der Waals surface area contributed by atoms with E-state index in [0.717, 1.165) is 18.2 Å². The molecule has 3 N–H and O–H groups in total. The minimum atomic E-state index is -4.45. The van der Waals surface area contributed by atoms with Crippen molar-refractivity contribution in [2.75, 3.05) is 6.54 Å². The van der Waals surface area contributed by atoms with Gasteiger partial charge in [-0.3, -0.25) is 0 Å². The normalized spacial score (nSPS) is 14.0. The number of rotatable bonds is 2. The van der Waals surface area contributed by atoms with E-state index < -0.39 is 17.8 Å². The van der Waals surface area contributed by atoms with Crippen LogP contribution in [0.15, 0.2) is 18.2 Å². The molecule has 0 saturated heterocycles. The number of halogens is 4.